The van der Waals surface area contributed by atoms with Crippen LogP contribution in [0.5, 0.6) is 0 Å². The molecule has 2 heterocycles. The first-order valence-electron chi connectivity index (χ1n) is 6.24. The summed E-state index contributed by atoms with van der Waals surface area (Å²) in [5, 5.41) is 2.59. The Kier molecular flexibility index (Phi) is 2.04. The summed E-state index contributed by atoms with van der Waals surface area (Å²) in [7, 11) is 0. The number of aryl methyl sites for hydroxylation is 1. The van der Waals surface area contributed by atoms with Crippen molar-refractivity contribution in [1.82, 2.24) is 15.0 Å². The normalized spacial score (nSPS) is 11.7. The number of hydrogen-bond donors (Lipinski definition) is 2. The first kappa shape index (κ1) is 11.2. The monoisotopic (exact) mass is 267 g/mol. The lowest BCUT2D eigenvalue weighted by molar-refractivity contribution is 0.630. The molecule has 0 fully saturated rings. The number of H-pyrrole nitrogens is 2. The molecular formula is C15H10FN3O. The zero-order valence-electron chi connectivity index (χ0n) is 10.6. The minimum absolute atomic E-state index is 0.236. The van der Waals surface area contributed by atoms with Crippen LogP contribution >= 0.6 is 0 Å². The zero-order valence-corrected chi connectivity index (χ0v) is 10.6. The molecule has 0 bridgehead atoms. The van der Waals surface area contributed by atoms with Crippen LogP contribution in [0.15, 0.2) is 35.3 Å². The number of aromatic amines is 2. The van der Waals surface area contributed by atoms with Gasteiger partial charge in [-0.2, -0.15) is 0 Å². The Hall–Kier alpha value is -2.69. The molecule has 2 N–H and O–H groups in total. The fourth-order valence-corrected chi connectivity index (χ4v) is 2.77. The van der Waals surface area contributed by atoms with Gasteiger partial charge in [-0.15, -0.1) is 0 Å². The summed E-state index contributed by atoms with van der Waals surface area (Å²) in [6.45, 7) is 1.86. The third-order valence-corrected chi connectivity index (χ3v) is 3.56. The number of imidazole rings is 1. The number of nitrogens with zero attached hydrogens (tertiary/aromatic N) is 1. The van der Waals surface area contributed by atoms with Crippen LogP contribution in [-0.2, 0) is 0 Å². The van der Waals surface area contributed by atoms with Crippen LogP contribution in [0.3, 0.4) is 0 Å². The van der Waals surface area contributed by atoms with Crippen molar-refractivity contribution in [1.29, 1.82) is 0 Å². The van der Waals surface area contributed by atoms with Gasteiger partial charge in [-0.1, -0.05) is 0 Å². The van der Waals surface area contributed by atoms with Crippen molar-refractivity contribution < 1.29 is 4.39 Å². The Morgan fingerprint density at radius 1 is 1.15 bits per heavy atom. The number of benzene rings is 2. The molecule has 4 nitrogen and oxygen atoms in total. The molecule has 5 heteroatoms. The average Bonchev–Trinajstić information content (AvgIpc) is 2.80. The molecule has 98 valence electrons. The van der Waals surface area contributed by atoms with E-state index in [2.05, 4.69) is 15.0 Å². The number of fused-ring (bicyclic) bond motifs is 6. The molecule has 4 aromatic rings. The molecule has 20 heavy (non-hydrogen) atoms. The zero-order chi connectivity index (χ0) is 13.9. The summed E-state index contributed by atoms with van der Waals surface area (Å²) < 4.78 is 13.6. The third kappa shape index (κ3) is 1.34. The molecule has 0 saturated carbocycles. The molecule has 0 spiro atoms. The molecule has 0 atom stereocenters. The maximum Gasteiger partial charge on any atom is 0.256 e. The second kappa shape index (κ2) is 3.66. The maximum atomic E-state index is 13.6. The lowest BCUT2D eigenvalue weighted by atomic mass is 10.0. The standard InChI is InChI=1S/C15H10FN3O/c1-7-18-13-9-3-2-8(16)6-11(9)12-10(14(13)19-7)4-5-17-15(12)20/h2-6H,1H3,(H,17,20)(H,18,19). The van der Waals surface area contributed by atoms with Crippen molar-refractivity contribution in [2.24, 2.45) is 0 Å². The van der Waals surface area contributed by atoms with Crippen molar-refractivity contribution in [3.63, 3.8) is 0 Å². The first-order chi connectivity index (χ1) is 9.65. The molecule has 2 aromatic heterocycles. The topological polar surface area (TPSA) is 61.5 Å². The summed E-state index contributed by atoms with van der Waals surface area (Å²) in [6.07, 6.45) is 1.58. The van der Waals surface area contributed by atoms with Crippen LogP contribution in [0.2, 0.25) is 0 Å². The van der Waals surface area contributed by atoms with E-state index in [1.807, 2.05) is 6.92 Å². The number of nitrogens with one attached hydrogen (secondary N) is 2. The Bertz CT molecular complexity index is 1050. The molecule has 0 amide bonds. The molecule has 0 aliphatic heterocycles. The fraction of sp³-hybridized carbons (Fsp3) is 0.0667. The van der Waals surface area contributed by atoms with Crippen molar-refractivity contribution in [3.05, 3.63) is 52.5 Å². The highest BCUT2D eigenvalue weighted by Gasteiger charge is 2.14. The predicted molar refractivity (Wildman–Crippen MR) is 76.4 cm³/mol. The van der Waals surface area contributed by atoms with E-state index in [-0.39, 0.29) is 11.4 Å². The molecule has 0 aliphatic rings. The minimum atomic E-state index is -0.363. The quantitative estimate of drug-likeness (QED) is 0.481. The van der Waals surface area contributed by atoms with Gasteiger partial charge in [0.1, 0.15) is 11.6 Å². The van der Waals surface area contributed by atoms with E-state index in [0.717, 1.165) is 27.6 Å². The minimum Gasteiger partial charge on any atom is -0.342 e. The summed E-state index contributed by atoms with van der Waals surface area (Å²) in [6, 6.07) is 6.25. The number of hydrogen-bond acceptors (Lipinski definition) is 2. The second-order valence-corrected chi connectivity index (χ2v) is 4.83. The van der Waals surface area contributed by atoms with Crippen molar-refractivity contribution in [2.75, 3.05) is 0 Å². The van der Waals surface area contributed by atoms with Crippen LogP contribution in [0.4, 0.5) is 4.39 Å². The van der Waals surface area contributed by atoms with Gasteiger partial charge in [-0.05, 0) is 31.2 Å². The van der Waals surface area contributed by atoms with E-state index in [1.165, 1.54) is 12.1 Å². The van der Waals surface area contributed by atoms with Gasteiger partial charge in [-0.25, -0.2) is 9.37 Å². The van der Waals surface area contributed by atoms with E-state index in [4.69, 9.17) is 0 Å². The SMILES string of the molecule is Cc1nc2c3cc[nH]c(=O)c3c3cc(F)ccc3c2[nH]1. The Balaban J connectivity index is 2.48. The highest BCUT2D eigenvalue weighted by atomic mass is 19.1. The van der Waals surface area contributed by atoms with E-state index in [0.29, 0.717) is 10.8 Å². The van der Waals surface area contributed by atoms with Gasteiger partial charge in [0.15, 0.2) is 0 Å². The van der Waals surface area contributed by atoms with Gasteiger partial charge >= 0.3 is 0 Å². The first-order valence-corrected chi connectivity index (χ1v) is 6.24. The van der Waals surface area contributed by atoms with E-state index < -0.39 is 0 Å². The Morgan fingerprint density at radius 2 is 2.00 bits per heavy atom. The lowest BCUT2D eigenvalue weighted by Crippen LogP contribution is -2.05. The molecule has 0 aliphatic carbocycles. The highest BCUT2D eigenvalue weighted by molar-refractivity contribution is 6.22. The van der Waals surface area contributed by atoms with Crippen molar-refractivity contribution >= 4 is 32.6 Å². The fourth-order valence-electron chi connectivity index (χ4n) is 2.77. The molecule has 0 radical (unpaired) electrons. The van der Waals surface area contributed by atoms with Gasteiger partial charge in [0.25, 0.3) is 5.56 Å². The van der Waals surface area contributed by atoms with Gasteiger partial charge in [0.05, 0.1) is 16.4 Å². The summed E-state index contributed by atoms with van der Waals surface area (Å²) in [4.78, 5) is 22.4. The predicted octanol–water partition coefficient (Wildman–Crippen LogP) is 3.01. The summed E-state index contributed by atoms with van der Waals surface area (Å²) >= 11 is 0. The molecule has 0 unspecified atom stereocenters. The molecule has 2 aromatic carbocycles. The van der Waals surface area contributed by atoms with Crippen LogP contribution in [0, 0.1) is 12.7 Å². The number of pyridine rings is 1. The average molecular weight is 267 g/mol. The lowest BCUT2D eigenvalue weighted by Gasteiger charge is -2.05. The largest absolute Gasteiger partial charge is 0.342 e. The maximum absolute atomic E-state index is 13.6. The second-order valence-electron chi connectivity index (χ2n) is 4.83. The number of rotatable bonds is 0. The Labute approximate surface area is 112 Å². The van der Waals surface area contributed by atoms with Crippen LogP contribution < -0.4 is 5.56 Å². The van der Waals surface area contributed by atoms with E-state index in [1.54, 1.807) is 18.3 Å². The van der Waals surface area contributed by atoms with Crippen LogP contribution in [0.25, 0.3) is 32.6 Å². The molecule has 4 rings (SSSR count). The smallest absolute Gasteiger partial charge is 0.256 e. The van der Waals surface area contributed by atoms with Gasteiger partial charge < -0.3 is 9.97 Å². The van der Waals surface area contributed by atoms with Gasteiger partial charge in [0, 0.05) is 22.4 Å². The van der Waals surface area contributed by atoms with Gasteiger partial charge in [0.2, 0.25) is 0 Å². The molecular weight excluding hydrogens is 257 g/mol. The molecule has 0 saturated heterocycles. The van der Waals surface area contributed by atoms with Crippen LogP contribution in [-0.4, -0.2) is 15.0 Å². The van der Waals surface area contributed by atoms with E-state index in [9.17, 15) is 9.18 Å². The van der Waals surface area contributed by atoms with Crippen molar-refractivity contribution in [2.45, 2.75) is 6.92 Å². The van der Waals surface area contributed by atoms with Gasteiger partial charge in [-0.3, -0.25) is 4.79 Å². The third-order valence-electron chi connectivity index (χ3n) is 3.56. The highest BCUT2D eigenvalue weighted by Crippen LogP contribution is 2.31. The summed E-state index contributed by atoms with van der Waals surface area (Å²) in [5.74, 6) is 0.399. The van der Waals surface area contributed by atoms with E-state index >= 15 is 0 Å². The number of halogens is 1. The summed E-state index contributed by atoms with van der Waals surface area (Å²) in [5.41, 5.74) is 1.33. The van der Waals surface area contributed by atoms with Crippen LogP contribution in [0.1, 0.15) is 5.82 Å². The van der Waals surface area contributed by atoms with Crippen molar-refractivity contribution in [3.8, 4) is 0 Å². The Morgan fingerprint density at radius 3 is 2.85 bits per heavy atom. The number of aromatic nitrogens is 3.